The molecular formula is C21H24Cl2N2O4. The van der Waals surface area contributed by atoms with Crippen LogP contribution in [0.4, 0.5) is 5.69 Å². The zero-order valence-electron chi connectivity index (χ0n) is 16.1. The Balaban J connectivity index is 0.00000300. The number of nitrogens with one attached hydrogen (secondary N) is 1. The van der Waals surface area contributed by atoms with Crippen LogP contribution in [0.3, 0.4) is 0 Å². The van der Waals surface area contributed by atoms with E-state index in [9.17, 15) is 9.59 Å². The van der Waals surface area contributed by atoms with Crippen LogP contribution in [-0.2, 0) is 14.3 Å². The predicted octanol–water partition coefficient (Wildman–Crippen LogP) is 4.38. The fraction of sp³-hybridized carbons (Fsp3) is 0.333. The first kappa shape index (κ1) is 23.0. The molecule has 1 aliphatic heterocycles. The molecule has 29 heavy (non-hydrogen) atoms. The fourth-order valence-electron chi connectivity index (χ4n) is 3.16. The number of nitrogens with zero attached hydrogens (tertiary/aromatic N) is 1. The fourth-order valence-corrected chi connectivity index (χ4v) is 3.33. The van der Waals surface area contributed by atoms with Gasteiger partial charge in [-0.25, -0.2) is 0 Å². The molecular weight excluding hydrogens is 415 g/mol. The van der Waals surface area contributed by atoms with Crippen LogP contribution in [0.15, 0.2) is 48.5 Å². The molecule has 0 aromatic heterocycles. The van der Waals surface area contributed by atoms with Gasteiger partial charge < -0.3 is 14.8 Å². The summed E-state index contributed by atoms with van der Waals surface area (Å²) in [6.45, 7) is 1.71. The van der Waals surface area contributed by atoms with Gasteiger partial charge in [-0.3, -0.25) is 14.5 Å². The van der Waals surface area contributed by atoms with E-state index in [1.54, 1.807) is 36.4 Å². The maximum atomic E-state index is 12.3. The molecule has 2 aromatic rings. The van der Waals surface area contributed by atoms with Gasteiger partial charge in [0.15, 0.2) is 0 Å². The highest BCUT2D eigenvalue weighted by Crippen LogP contribution is 2.29. The van der Waals surface area contributed by atoms with Gasteiger partial charge in [0.1, 0.15) is 11.5 Å². The van der Waals surface area contributed by atoms with Gasteiger partial charge in [-0.2, -0.15) is 0 Å². The molecule has 0 spiro atoms. The number of esters is 1. The minimum Gasteiger partial charge on any atom is -0.469 e. The molecule has 0 radical (unpaired) electrons. The largest absolute Gasteiger partial charge is 0.469 e. The second kappa shape index (κ2) is 11.0. The van der Waals surface area contributed by atoms with E-state index in [1.165, 1.54) is 7.11 Å². The van der Waals surface area contributed by atoms with E-state index < -0.39 is 0 Å². The van der Waals surface area contributed by atoms with Crippen molar-refractivity contribution in [1.82, 2.24) is 4.90 Å². The van der Waals surface area contributed by atoms with Crippen LogP contribution in [0.2, 0.25) is 5.02 Å². The Morgan fingerprint density at radius 3 is 2.38 bits per heavy atom. The van der Waals surface area contributed by atoms with Crippen molar-refractivity contribution >= 4 is 41.6 Å². The number of benzene rings is 2. The van der Waals surface area contributed by atoms with Crippen LogP contribution in [0.5, 0.6) is 11.5 Å². The van der Waals surface area contributed by atoms with Crippen molar-refractivity contribution in [3.63, 3.8) is 0 Å². The number of carbonyl (C=O) groups is 2. The number of halogens is 2. The van der Waals surface area contributed by atoms with Crippen molar-refractivity contribution in [3.05, 3.63) is 53.6 Å². The predicted molar refractivity (Wildman–Crippen MR) is 115 cm³/mol. The van der Waals surface area contributed by atoms with Crippen LogP contribution >= 0.6 is 24.0 Å². The molecule has 2 aromatic carbocycles. The van der Waals surface area contributed by atoms with Crippen molar-refractivity contribution in [2.45, 2.75) is 12.8 Å². The number of carbonyl (C=O) groups excluding carboxylic acids is 2. The van der Waals surface area contributed by atoms with E-state index in [4.69, 9.17) is 21.1 Å². The summed E-state index contributed by atoms with van der Waals surface area (Å²) >= 11 is 6.09. The van der Waals surface area contributed by atoms with Gasteiger partial charge >= 0.3 is 5.97 Å². The molecule has 1 N–H and O–H groups in total. The number of piperidine rings is 1. The number of amides is 1. The first-order chi connectivity index (χ1) is 13.5. The van der Waals surface area contributed by atoms with Gasteiger partial charge in [-0.05, 0) is 62.3 Å². The monoisotopic (exact) mass is 438 g/mol. The van der Waals surface area contributed by atoms with Crippen molar-refractivity contribution in [2.75, 3.05) is 32.1 Å². The zero-order valence-corrected chi connectivity index (χ0v) is 17.7. The SMILES string of the molecule is COC(=O)C1CCN(CC(=O)Nc2ccc(Oc3ccccc3Cl)cc2)CC1.Cl. The molecule has 1 fully saturated rings. The van der Waals surface area contributed by atoms with E-state index in [1.807, 2.05) is 17.0 Å². The number of hydrogen-bond acceptors (Lipinski definition) is 5. The number of para-hydroxylation sites is 1. The molecule has 1 saturated heterocycles. The zero-order chi connectivity index (χ0) is 19.9. The molecule has 6 nitrogen and oxygen atoms in total. The van der Waals surface area contributed by atoms with E-state index in [2.05, 4.69) is 5.32 Å². The molecule has 0 unspecified atom stereocenters. The summed E-state index contributed by atoms with van der Waals surface area (Å²) in [4.78, 5) is 25.9. The summed E-state index contributed by atoms with van der Waals surface area (Å²) in [7, 11) is 1.41. The lowest BCUT2D eigenvalue weighted by Gasteiger charge is -2.29. The quantitative estimate of drug-likeness (QED) is 0.677. The molecule has 0 aliphatic carbocycles. The lowest BCUT2D eigenvalue weighted by molar-refractivity contribution is -0.147. The van der Waals surface area contributed by atoms with E-state index >= 15 is 0 Å². The van der Waals surface area contributed by atoms with Crippen LogP contribution < -0.4 is 10.1 Å². The van der Waals surface area contributed by atoms with E-state index in [0.717, 1.165) is 0 Å². The standard InChI is InChI=1S/C21H23ClN2O4.ClH/c1-27-21(26)15-10-12-24(13-11-15)14-20(25)23-16-6-8-17(9-7-16)28-19-5-3-2-4-18(19)22;/h2-9,15H,10-14H2,1H3,(H,23,25);1H. The Labute approximate surface area is 181 Å². The number of hydrogen-bond donors (Lipinski definition) is 1. The third-order valence-electron chi connectivity index (χ3n) is 4.69. The Bertz CT molecular complexity index is 822. The maximum absolute atomic E-state index is 12.3. The van der Waals surface area contributed by atoms with Gasteiger partial charge in [0, 0.05) is 5.69 Å². The Morgan fingerprint density at radius 2 is 1.76 bits per heavy atom. The van der Waals surface area contributed by atoms with Crippen LogP contribution in [0, 0.1) is 5.92 Å². The molecule has 1 amide bonds. The Kier molecular flexibility index (Phi) is 8.76. The minimum atomic E-state index is -0.164. The highest BCUT2D eigenvalue weighted by molar-refractivity contribution is 6.32. The van der Waals surface area contributed by atoms with Crippen molar-refractivity contribution in [2.24, 2.45) is 5.92 Å². The van der Waals surface area contributed by atoms with Gasteiger partial charge in [0.25, 0.3) is 0 Å². The molecule has 0 atom stereocenters. The number of likely N-dealkylation sites (tertiary alicyclic amines) is 1. The summed E-state index contributed by atoms with van der Waals surface area (Å²) in [6.07, 6.45) is 1.43. The van der Waals surface area contributed by atoms with Crippen molar-refractivity contribution in [3.8, 4) is 11.5 Å². The van der Waals surface area contributed by atoms with Gasteiger partial charge in [0.05, 0.1) is 24.6 Å². The summed E-state index contributed by atoms with van der Waals surface area (Å²) < 4.78 is 10.5. The first-order valence-corrected chi connectivity index (χ1v) is 9.55. The minimum absolute atomic E-state index is 0. The third-order valence-corrected chi connectivity index (χ3v) is 5.00. The van der Waals surface area contributed by atoms with E-state index in [0.29, 0.717) is 54.7 Å². The summed E-state index contributed by atoms with van der Waals surface area (Å²) in [5.41, 5.74) is 0.695. The molecule has 3 rings (SSSR count). The topological polar surface area (TPSA) is 67.9 Å². The number of ether oxygens (including phenoxy) is 2. The Hall–Kier alpha value is -2.28. The van der Waals surface area contributed by atoms with Crippen molar-refractivity contribution < 1.29 is 19.1 Å². The van der Waals surface area contributed by atoms with Gasteiger partial charge in [0.2, 0.25) is 5.91 Å². The normalized spacial score (nSPS) is 14.6. The van der Waals surface area contributed by atoms with Crippen LogP contribution in [-0.4, -0.2) is 43.5 Å². The van der Waals surface area contributed by atoms with Crippen LogP contribution in [0.1, 0.15) is 12.8 Å². The summed E-state index contributed by atoms with van der Waals surface area (Å²) in [6, 6.07) is 14.4. The molecule has 0 saturated carbocycles. The average Bonchev–Trinajstić information content (AvgIpc) is 2.71. The maximum Gasteiger partial charge on any atom is 0.308 e. The molecule has 0 bridgehead atoms. The molecule has 1 aliphatic rings. The highest BCUT2D eigenvalue weighted by Gasteiger charge is 2.26. The third kappa shape index (κ3) is 6.63. The highest BCUT2D eigenvalue weighted by atomic mass is 35.5. The second-order valence-electron chi connectivity index (χ2n) is 6.68. The number of methoxy groups -OCH3 is 1. The summed E-state index contributed by atoms with van der Waals surface area (Å²) in [5.74, 6) is 0.904. The summed E-state index contributed by atoms with van der Waals surface area (Å²) in [5, 5.41) is 3.42. The van der Waals surface area contributed by atoms with Gasteiger partial charge in [-0.1, -0.05) is 23.7 Å². The lowest BCUT2D eigenvalue weighted by atomic mass is 9.97. The Morgan fingerprint density at radius 1 is 1.10 bits per heavy atom. The van der Waals surface area contributed by atoms with E-state index in [-0.39, 0.29) is 30.2 Å². The molecule has 156 valence electrons. The molecule has 8 heteroatoms. The smallest absolute Gasteiger partial charge is 0.308 e. The molecule has 1 heterocycles. The first-order valence-electron chi connectivity index (χ1n) is 9.17. The van der Waals surface area contributed by atoms with Crippen molar-refractivity contribution in [1.29, 1.82) is 0 Å². The second-order valence-corrected chi connectivity index (χ2v) is 7.09. The number of anilines is 1. The van der Waals surface area contributed by atoms with Crippen LogP contribution in [0.25, 0.3) is 0 Å². The average molecular weight is 439 g/mol. The lowest BCUT2D eigenvalue weighted by Crippen LogP contribution is -2.41. The number of rotatable bonds is 6. The van der Waals surface area contributed by atoms with Gasteiger partial charge in [-0.15, -0.1) is 12.4 Å².